The van der Waals surface area contributed by atoms with Crippen molar-refractivity contribution >= 4 is 23.3 Å². The first-order chi connectivity index (χ1) is 10.1. The molecule has 2 rings (SSSR count). The predicted molar refractivity (Wildman–Crippen MR) is 85.0 cm³/mol. The van der Waals surface area contributed by atoms with E-state index in [1.807, 2.05) is 31.2 Å². The lowest BCUT2D eigenvalue weighted by Crippen LogP contribution is -2.28. The summed E-state index contributed by atoms with van der Waals surface area (Å²) in [5.74, 6) is 0.750. The van der Waals surface area contributed by atoms with Crippen molar-refractivity contribution in [2.75, 3.05) is 12.4 Å². The summed E-state index contributed by atoms with van der Waals surface area (Å²) in [5.41, 5.74) is 2.56. The Balaban J connectivity index is 1.96. The number of ether oxygens (including phenoxy) is 1. The van der Waals surface area contributed by atoms with Gasteiger partial charge in [-0.1, -0.05) is 29.8 Å². The SMILES string of the molecule is COc1ccccc1CNC(=O)Nc1ccc(Cl)cc1C. The highest BCUT2D eigenvalue weighted by Gasteiger charge is 2.06. The Morgan fingerprint density at radius 3 is 2.71 bits per heavy atom. The summed E-state index contributed by atoms with van der Waals surface area (Å²) >= 11 is 5.89. The zero-order valence-corrected chi connectivity index (χ0v) is 12.7. The molecule has 21 heavy (non-hydrogen) atoms. The molecular formula is C16H17ClN2O2. The third-order valence-electron chi connectivity index (χ3n) is 3.07. The molecule has 2 N–H and O–H groups in total. The largest absolute Gasteiger partial charge is 0.496 e. The number of aryl methyl sites for hydroxylation is 1. The lowest BCUT2D eigenvalue weighted by Gasteiger charge is -2.12. The zero-order chi connectivity index (χ0) is 15.2. The molecule has 0 spiro atoms. The highest BCUT2D eigenvalue weighted by molar-refractivity contribution is 6.30. The van der Waals surface area contributed by atoms with Gasteiger partial charge in [0, 0.05) is 22.8 Å². The van der Waals surface area contributed by atoms with Gasteiger partial charge in [0.15, 0.2) is 0 Å². The molecule has 0 aliphatic carbocycles. The normalized spacial score (nSPS) is 10.0. The maximum absolute atomic E-state index is 11.9. The molecule has 0 saturated heterocycles. The van der Waals surface area contributed by atoms with Crippen LogP contribution in [0.2, 0.25) is 5.02 Å². The van der Waals surface area contributed by atoms with Crippen molar-refractivity contribution in [1.82, 2.24) is 5.32 Å². The van der Waals surface area contributed by atoms with Crippen LogP contribution in [-0.2, 0) is 6.54 Å². The summed E-state index contributed by atoms with van der Waals surface area (Å²) in [6.07, 6.45) is 0. The fourth-order valence-electron chi connectivity index (χ4n) is 1.96. The van der Waals surface area contributed by atoms with Gasteiger partial charge in [-0.2, -0.15) is 0 Å². The number of carbonyl (C=O) groups is 1. The first kappa shape index (κ1) is 15.2. The molecular weight excluding hydrogens is 288 g/mol. The number of anilines is 1. The number of para-hydroxylation sites is 1. The quantitative estimate of drug-likeness (QED) is 0.897. The lowest BCUT2D eigenvalue weighted by atomic mass is 10.2. The molecule has 0 radical (unpaired) electrons. The van der Waals surface area contributed by atoms with Gasteiger partial charge in [-0.3, -0.25) is 0 Å². The molecule has 0 aliphatic heterocycles. The lowest BCUT2D eigenvalue weighted by molar-refractivity contribution is 0.251. The van der Waals surface area contributed by atoms with Crippen LogP contribution in [-0.4, -0.2) is 13.1 Å². The molecule has 0 aromatic heterocycles. The van der Waals surface area contributed by atoms with Crippen LogP contribution in [0, 0.1) is 6.92 Å². The number of amides is 2. The number of nitrogens with one attached hydrogen (secondary N) is 2. The van der Waals surface area contributed by atoms with Gasteiger partial charge < -0.3 is 15.4 Å². The van der Waals surface area contributed by atoms with E-state index in [2.05, 4.69) is 10.6 Å². The second kappa shape index (κ2) is 6.99. The van der Waals surface area contributed by atoms with E-state index in [-0.39, 0.29) is 6.03 Å². The van der Waals surface area contributed by atoms with Crippen molar-refractivity contribution in [2.45, 2.75) is 13.5 Å². The summed E-state index contributed by atoms with van der Waals surface area (Å²) in [4.78, 5) is 11.9. The van der Waals surface area contributed by atoms with Gasteiger partial charge in [-0.25, -0.2) is 4.79 Å². The molecule has 0 atom stereocenters. The van der Waals surface area contributed by atoms with Gasteiger partial charge >= 0.3 is 6.03 Å². The predicted octanol–water partition coefficient (Wildman–Crippen LogP) is 3.98. The van der Waals surface area contributed by atoms with E-state index in [1.165, 1.54) is 0 Å². The topological polar surface area (TPSA) is 50.4 Å². The Morgan fingerprint density at radius 2 is 2.00 bits per heavy atom. The van der Waals surface area contributed by atoms with Gasteiger partial charge in [-0.05, 0) is 36.8 Å². The first-order valence-electron chi connectivity index (χ1n) is 6.53. The van der Waals surface area contributed by atoms with Crippen molar-refractivity contribution in [3.63, 3.8) is 0 Å². The van der Waals surface area contributed by atoms with Gasteiger partial charge in [0.25, 0.3) is 0 Å². The van der Waals surface area contributed by atoms with E-state index in [9.17, 15) is 4.79 Å². The maximum atomic E-state index is 11.9. The van der Waals surface area contributed by atoms with Gasteiger partial charge in [0.2, 0.25) is 0 Å². The van der Waals surface area contributed by atoms with E-state index < -0.39 is 0 Å². The molecule has 110 valence electrons. The average Bonchev–Trinajstić information content (AvgIpc) is 2.48. The summed E-state index contributed by atoms with van der Waals surface area (Å²) in [6.45, 7) is 2.28. The summed E-state index contributed by atoms with van der Waals surface area (Å²) in [7, 11) is 1.61. The number of carbonyl (C=O) groups excluding carboxylic acids is 1. The highest BCUT2D eigenvalue weighted by atomic mass is 35.5. The Morgan fingerprint density at radius 1 is 1.24 bits per heavy atom. The van der Waals surface area contributed by atoms with Crippen LogP contribution in [0.4, 0.5) is 10.5 Å². The number of halogens is 1. The zero-order valence-electron chi connectivity index (χ0n) is 11.9. The number of urea groups is 1. The molecule has 0 fully saturated rings. The van der Waals surface area contributed by atoms with Crippen LogP contribution in [0.15, 0.2) is 42.5 Å². The Hall–Kier alpha value is -2.20. The number of rotatable bonds is 4. The minimum Gasteiger partial charge on any atom is -0.496 e. The molecule has 0 unspecified atom stereocenters. The van der Waals surface area contributed by atoms with Crippen LogP contribution in [0.5, 0.6) is 5.75 Å². The van der Waals surface area contributed by atoms with E-state index >= 15 is 0 Å². The van der Waals surface area contributed by atoms with Crippen molar-refractivity contribution in [2.24, 2.45) is 0 Å². The Kier molecular flexibility index (Phi) is 5.06. The monoisotopic (exact) mass is 304 g/mol. The molecule has 2 aromatic rings. The van der Waals surface area contributed by atoms with E-state index in [4.69, 9.17) is 16.3 Å². The van der Waals surface area contributed by atoms with E-state index in [0.29, 0.717) is 11.6 Å². The maximum Gasteiger partial charge on any atom is 0.319 e. The molecule has 4 nitrogen and oxygen atoms in total. The Bertz CT molecular complexity index is 644. The standard InChI is InChI=1S/C16H17ClN2O2/c1-11-9-13(17)7-8-14(11)19-16(20)18-10-12-5-3-4-6-15(12)21-2/h3-9H,10H2,1-2H3,(H2,18,19,20). The van der Waals surface area contributed by atoms with Crippen molar-refractivity contribution in [1.29, 1.82) is 0 Å². The number of hydrogen-bond acceptors (Lipinski definition) is 2. The first-order valence-corrected chi connectivity index (χ1v) is 6.91. The smallest absolute Gasteiger partial charge is 0.319 e. The second-order valence-corrected chi connectivity index (χ2v) is 5.02. The minimum absolute atomic E-state index is 0.272. The van der Waals surface area contributed by atoms with Crippen LogP contribution in [0.3, 0.4) is 0 Å². The van der Waals surface area contributed by atoms with E-state index in [1.54, 1.807) is 25.3 Å². The summed E-state index contributed by atoms with van der Waals surface area (Å²) in [6, 6.07) is 12.6. The van der Waals surface area contributed by atoms with Crippen LogP contribution in [0.25, 0.3) is 0 Å². The fourth-order valence-corrected chi connectivity index (χ4v) is 2.19. The van der Waals surface area contributed by atoms with Gasteiger partial charge in [0.1, 0.15) is 5.75 Å². The second-order valence-electron chi connectivity index (χ2n) is 4.58. The number of benzene rings is 2. The molecule has 0 saturated carbocycles. The number of methoxy groups -OCH3 is 1. The van der Waals surface area contributed by atoms with Gasteiger partial charge in [-0.15, -0.1) is 0 Å². The van der Waals surface area contributed by atoms with Gasteiger partial charge in [0.05, 0.1) is 7.11 Å². The van der Waals surface area contributed by atoms with Crippen molar-refractivity contribution < 1.29 is 9.53 Å². The Labute approximate surface area is 129 Å². The van der Waals surface area contributed by atoms with Crippen LogP contribution in [0.1, 0.15) is 11.1 Å². The average molecular weight is 305 g/mol. The molecule has 2 amide bonds. The summed E-state index contributed by atoms with van der Waals surface area (Å²) in [5, 5.41) is 6.24. The summed E-state index contributed by atoms with van der Waals surface area (Å²) < 4.78 is 5.24. The molecule has 5 heteroatoms. The van der Waals surface area contributed by atoms with Crippen molar-refractivity contribution in [3.05, 3.63) is 58.6 Å². The molecule has 2 aromatic carbocycles. The third-order valence-corrected chi connectivity index (χ3v) is 3.30. The molecule has 0 aliphatic rings. The minimum atomic E-state index is -0.272. The van der Waals surface area contributed by atoms with E-state index in [0.717, 1.165) is 22.6 Å². The molecule has 0 heterocycles. The van der Waals surface area contributed by atoms with Crippen LogP contribution < -0.4 is 15.4 Å². The highest BCUT2D eigenvalue weighted by Crippen LogP contribution is 2.20. The third kappa shape index (κ3) is 4.13. The fraction of sp³-hybridized carbons (Fsp3) is 0.188. The number of hydrogen-bond donors (Lipinski definition) is 2. The van der Waals surface area contributed by atoms with Crippen molar-refractivity contribution in [3.8, 4) is 5.75 Å². The van der Waals surface area contributed by atoms with Crippen LogP contribution >= 0.6 is 11.6 Å². The molecule has 0 bridgehead atoms.